The second-order valence-corrected chi connectivity index (χ2v) is 6.88. The Morgan fingerprint density at radius 1 is 1.23 bits per heavy atom. The number of rotatable bonds is 5. The fourth-order valence-corrected chi connectivity index (χ4v) is 3.48. The van der Waals surface area contributed by atoms with Gasteiger partial charge in [-0.2, -0.15) is 0 Å². The number of amides is 2. The number of halogens is 1. The average molecular weight is 378 g/mol. The molecular formula is C20H28ClN3O2. The molecule has 1 fully saturated rings. The summed E-state index contributed by atoms with van der Waals surface area (Å²) in [6.45, 7) is 3.79. The zero-order chi connectivity index (χ0) is 17.5. The molecule has 5 nitrogen and oxygen atoms in total. The lowest BCUT2D eigenvalue weighted by Gasteiger charge is -2.32. The third-order valence-corrected chi connectivity index (χ3v) is 4.99. The van der Waals surface area contributed by atoms with Gasteiger partial charge in [-0.15, -0.1) is 12.4 Å². The summed E-state index contributed by atoms with van der Waals surface area (Å²) in [4.78, 5) is 26.8. The molecule has 0 aromatic heterocycles. The molecule has 0 spiro atoms. The molecule has 2 amide bonds. The molecule has 0 aliphatic carbocycles. The van der Waals surface area contributed by atoms with Gasteiger partial charge < -0.3 is 15.5 Å². The highest BCUT2D eigenvalue weighted by Gasteiger charge is 2.28. The zero-order valence-electron chi connectivity index (χ0n) is 15.1. The Kier molecular flexibility index (Phi) is 8.13. The van der Waals surface area contributed by atoms with E-state index in [2.05, 4.69) is 16.7 Å². The number of nitrogens with zero attached hydrogens (tertiary/aromatic N) is 1. The third-order valence-electron chi connectivity index (χ3n) is 4.99. The standard InChI is InChI=1S/C20H27N3O2.ClH/c24-19(13-16-5-2-1-3-6-16)23-12-4-7-18(15-23)20(25)22-14-17-8-10-21-11-9-17;/h1-3,5-6,8,18,21H,4,7,9-15H2,(H,22,25);1H. The van der Waals surface area contributed by atoms with Crippen LogP contribution in [0.3, 0.4) is 0 Å². The highest BCUT2D eigenvalue weighted by molar-refractivity contribution is 5.85. The molecule has 2 aliphatic rings. The van der Waals surface area contributed by atoms with Crippen LogP contribution < -0.4 is 10.6 Å². The summed E-state index contributed by atoms with van der Waals surface area (Å²) in [5, 5.41) is 6.33. The number of benzene rings is 1. The minimum absolute atomic E-state index is 0. The molecule has 1 saturated heterocycles. The Bertz CT molecular complexity index is 633. The van der Waals surface area contributed by atoms with Crippen LogP contribution in [0, 0.1) is 5.92 Å². The van der Waals surface area contributed by atoms with E-state index >= 15 is 0 Å². The molecular weight excluding hydrogens is 350 g/mol. The SMILES string of the molecule is Cl.O=C(NCC1=CCNCC1)C1CCCN(C(=O)Cc2ccccc2)C1. The maximum Gasteiger partial charge on any atom is 0.227 e. The molecule has 2 N–H and O–H groups in total. The molecule has 0 saturated carbocycles. The monoisotopic (exact) mass is 377 g/mol. The van der Waals surface area contributed by atoms with Gasteiger partial charge in [-0.3, -0.25) is 9.59 Å². The Hall–Kier alpha value is -1.85. The van der Waals surface area contributed by atoms with Gasteiger partial charge in [0.05, 0.1) is 12.3 Å². The Morgan fingerprint density at radius 3 is 2.77 bits per heavy atom. The highest BCUT2D eigenvalue weighted by atomic mass is 35.5. The molecule has 1 atom stereocenters. The van der Waals surface area contributed by atoms with Crippen LogP contribution >= 0.6 is 12.4 Å². The van der Waals surface area contributed by atoms with E-state index in [4.69, 9.17) is 0 Å². The van der Waals surface area contributed by atoms with Gasteiger partial charge in [-0.1, -0.05) is 42.0 Å². The normalized spacial score (nSPS) is 19.9. The van der Waals surface area contributed by atoms with Gasteiger partial charge in [0, 0.05) is 26.2 Å². The highest BCUT2D eigenvalue weighted by Crippen LogP contribution is 2.18. The van der Waals surface area contributed by atoms with Crippen molar-refractivity contribution in [2.24, 2.45) is 5.92 Å². The minimum Gasteiger partial charge on any atom is -0.352 e. The van der Waals surface area contributed by atoms with Crippen LogP contribution in [0.25, 0.3) is 0 Å². The van der Waals surface area contributed by atoms with Crippen molar-refractivity contribution < 1.29 is 9.59 Å². The zero-order valence-corrected chi connectivity index (χ0v) is 15.9. The van der Waals surface area contributed by atoms with Crippen molar-refractivity contribution in [2.75, 3.05) is 32.7 Å². The average Bonchev–Trinajstić information content (AvgIpc) is 2.68. The van der Waals surface area contributed by atoms with Crippen molar-refractivity contribution in [3.8, 4) is 0 Å². The van der Waals surface area contributed by atoms with E-state index in [0.717, 1.165) is 44.5 Å². The third kappa shape index (κ3) is 5.85. The second-order valence-electron chi connectivity index (χ2n) is 6.88. The first-order valence-corrected chi connectivity index (χ1v) is 9.20. The summed E-state index contributed by atoms with van der Waals surface area (Å²) in [5.74, 6) is 0.109. The van der Waals surface area contributed by atoms with Crippen LogP contribution in [0.15, 0.2) is 42.0 Å². The number of hydrogen-bond acceptors (Lipinski definition) is 3. The van der Waals surface area contributed by atoms with Crippen molar-refractivity contribution in [2.45, 2.75) is 25.7 Å². The van der Waals surface area contributed by atoms with Gasteiger partial charge in [-0.05, 0) is 31.4 Å². The van der Waals surface area contributed by atoms with E-state index in [1.54, 1.807) is 0 Å². The van der Waals surface area contributed by atoms with E-state index in [9.17, 15) is 9.59 Å². The summed E-state index contributed by atoms with van der Waals surface area (Å²) < 4.78 is 0. The van der Waals surface area contributed by atoms with Gasteiger partial charge in [0.15, 0.2) is 0 Å². The first-order valence-electron chi connectivity index (χ1n) is 9.20. The molecule has 6 heteroatoms. The molecule has 0 radical (unpaired) electrons. The molecule has 26 heavy (non-hydrogen) atoms. The molecule has 1 unspecified atom stereocenters. The molecule has 2 heterocycles. The van der Waals surface area contributed by atoms with Gasteiger partial charge in [0.25, 0.3) is 0 Å². The topological polar surface area (TPSA) is 61.4 Å². The molecule has 142 valence electrons. The van der Waals surface area contributed by atoms with Crippen molar-refractivity contribution in [3.05, 3.63) is 47.5 Å². The maximum atomic E-state index is 12.5. The van der Waals surface area contributed by atoms with Crippen molar-refractivity contribution in [1.29, 1.82) is 0 Å². The van der Waals surface area contributed by atoms with Crippen LogP contribution in [0.1, 0.15) is 24.8 Å². The van der Waals surface area contributed by atoms with E-state index in [0.29, 0.717) is 19.5 Å². The van der Waals surface area contributed by atoms with Crippen LogP contribution in [-0.4, -0.2) is 49.4 Å². The van der Waals surface area contributed by atoms with Gasteiger partial charge in [-0.25, -0.2) is 0 Å². The van der Waals surface area contributed by atoms with Gasteiger partial charge in [0.2, 0.25) is 11.8 Å². The lowest BCUT2D eigenvalue weighted by molar-refractivity contribution is -0.135. The predicted molar refractivity (Wildman–Crippen MR) is 105 cm³/mol. The van der Waals surface area contributed by atoms with Gasteiger partial charge >= 0.3 is 0 Å². The van der Waals surface area contributed by atoms with E-state index in [-0.39, 0.29) is 30.1 Å². The Labute approximate surface area is 161 Å². The Balaban J connectivity index is 0.00000243. The number of likely N-dealkylation sites (tertiary alicyclic amines) is 1. The largest absolute Gasteiger partial charge is 0.352 e. The molecule has 1 aromatic rings. The van der Waals surface area contributed by atoms with Crippen molar-refractivity contribution in [3.63, 3.8) is 0 Å². The first kappa shape index (κ1) is 20.5. The lowest BCUT2D eigenvalue weighted by Crippen LogP contribution is -2.46. The van der Waals surface area contributed by atoms with E-state index in [1.807, 2.05) is 35.2 Å². The molecule has 2 aliphatic heterocycles. The lowest BCUT2D eigenvalue weighted by atomic mass is 9.96. The fourth-order valence-electron chi connectivity index (χ4n) is 3.48. The number of carbonyl (C=O) groups is 2. The summed E-state index contributed by atoms with van der Waals surface area (Å²) in [7, 11) is 0. The number of nitrogens with one attached hydrogen (secondary N) is 2. The predicted octanol–water partition coefficient (Wildman–Crippen LogP) is 1.93. The van der Waals surface area contributed by atoms with Crippen LogP contribution in [0.5, 0.6) is 0 Å². The Morgan fingerprint density at radius 2 is 2.04 bits per heavy atom. The smallest absolute Gasteiger partial charge is 0.227 e. The summed E-state index contributed by atoms with van der Waals surface area (Å²) >= 11 is 0. The quantitative estimate of drug-likeness (QED) is 0.771. The van der Waals surface area contributed by atoms with Crippen LogP contribution in [-0.2, 0) is 16.0 Å². The fraction of sp³-hybridized carbons (Fsp3) is 0.500. The number of carbonyl (C=O) groups excluding carboxylic acids is 2. The van der Waals surface area contributed by atoms with Crippen molar-refractivity contribution in [1.82, 2.24) is 15.5 Å². The molecule has 3 rings (SSSR count). The maximum absolute atomic E-state index is 12.5. The van der Waals surface area contributed by atoms with Crippen LogP contribution in [0.4, 0.5) is 0 Å². The first-order chi connectivity index (χ1) is 12.2. The number of piperidine rings is 1. The summed E-state index contributed by atoms with van der Waals surface area (Å²) in [6.07, 6.45) is 5.31. The molecule has 0 bridgehead atoms. The number of hydrogen-bond donors (Lipinski definition) is 2. The molecule has 1 aromatic carbocycles. The van der Waals surface area contributed by atoms with Crippen molar-refractivity contribution >= 4 is 24.2 Å². The van der Waals surface area contributed by atoms with Gasteiger partial charge in [0.1, 0.15) is 0 Å². The minimum atomic E-state index is -0.0872. The summed E-state index contributed by atoms with van der Waals surface area (Å²) in [6, 6.07) is 9.79. The van der Waals surface area contributed by atoms with E-state index in [1.165, 1.54) is 5.57 Å². The van der Waals surface area contributed by atoms with E-state index < -0.39 is 0 Å². The summed E-state index contributed by atoms with van der Waals surface area (Å²) in [5.41, 5.74) is 2.32. The van der Waals surface area contributed by atoms with Crippen LogP contribution in [0.2, 0.25) is 0 Å². The second kappa shape index (κ2) is 10.3.